The molecule has 0 fully saturated rings. The van der Waals surface area contributed by atoms with Gasteiger partial charge in [-0.25, -0.2) is 4.98 Å². The molecule has 0 saturated carbocycles. The zero-order chi connectivity index (χ0) is 21.3. The molecule has 2 aromatic carbocycles. The van der Waals surface area contributed by atoms with Crippen LogP contribution < -0.4 is 10.1 Å². The van der Waals surface area contributed by atoms with Crippen molar-refractivity contribution in [3.63, 3.8) is 0 Å². The minimum atomic E-state index is -0.215. The number of para-hydroxylation sites is 1. The summed E-state index contributed by atoms with van der Waals surface area (Å²) < 4.78 is 7.12. The van der Waals surface area contributed by atoms with E-state index in [0.717, 1.165) is 33.5 Å². The Kier molecular flexibility index (Phi) is 5.23. The normalized spacial score (nSPS) is 10.9. The fourth-order valence-electron chi connectivity index (χ4n) is 3.47. The maximum atomic E-state index is 12.8. The van der Waals surface area contributed by atoms with Crippen LogP contribution in [0.25, 0.3) is 16.7 Å². The molecule has 0 saturated heterocycles. The number of benzene rings is 2. The summed E-state index contributed by atoms with van der Waals surface area (Å²) in [5.41, 5.74) is 4.48. The van der Waals surface area contributed by atoms with Gasteiger partial charge in [-0.05, 0) is 69.2 Å². The quantitative estimate of drug-likeness (QED) is 0.512. The van der Waals surface area contributed by atoms with Crippen LogP contribution in [-0.4, -0.2) is 27.3 Å². The van der Waals surface area contributed by atoms with Crippen molar-refractivity contribution < 1.29 is 9.53 Å². The fourth-order valence-corrected chi connectivity index (χ4v) is 3.47. The van der Waals surface area contributed by atoms with Gasteiger partial charge in [-0.2, -0.15) is 9.78 Å². The van der Waals surface area contributed by atoms with E-state index in [1.54, 1.807) is 28.9 Å². The average molecular weight is 400 g/mol. The summed E-state index contributed by atoms with van der Waals surface area (Å²) in [7, 11) is 0. The average Bonchev–Trinajstić information content (AvgIpc) is 3.09. The van der Waals surface area contributed by atoms with Crippen LogP contribution in [0, 0.1) is 20.8 Å². The second-order valence-electron chi connectivity index (χ2n) is 7.26. The molecule has 0 aliphatic carbocycles. The van der Waals surface area contributed by atoms with Crippen LogP contribution in [0.1, 0.15) is 34.1 Å². The Morgan fingerprint density at radius 1 is 1.03 bits per heavy atom. The zero-order valence-corrected chi connectivity index (χ0v) is 17.6. The third-order valence-electron chi connectivity index (χ3n) is 4.95. The highest BCUT2D eigenvalue weighted by atomic mass is 16.5. The fraction of sp³-hybridized carbons (Fsp3) is 0.208. The van der Waals surface area contributed by atoms with E-state index in [4.69, 9.17) is 9.72 Å². The molecule has 2 heterocycles. The van der Waals surface area contributed by atoms with Gasteiger partial charge in [-0.3, -0.25) is 4.79 Å². The van der Waals surface area contributed by atoms with Crippen molar-refractivity contribution in [3.8, 4) is 11.6 Å². The molecule has 0 atom stereocenters. The molecule has 152 valence electrons. The van der Waals surface area contributed by atoms with Crippen molar-refractivity contribution in [2.45, 2.75) is 27.7 Å². The van der Waals surface area contributed by atoms with Gasteiger partial charge in [-0.15, -0.1) is 0 Å². The molecular weight excluding hydrogens is 376 g/mol. The van der Waals surface area contributed by atoms with Crippen LogP contribution in [0.5, 0.6) is 5.75 Å². The van der Waals surface area contributed by atoms with Crippen LogP contribution in [0.15, 0.2) is 54.6 Å². The smallest absolute Gasteiger partial charge is 0.256 e. The number of nitrogens with zero attached hydrogens (tertiary/aromatic N) is 3. The summed E-state index contributed by atoms with van der Waals surface area (Å²) in [5.74, 6) is 1.77. The number of pyridine rings is 1. The van der Waals surface area contributed by atoms with Crippen molar-refractivity contribution >= 4 is 22.6 Å². The second-order valence-corrected chi connectivity index (χ2v) is 7.26. The molecule has 0 bridgehead atoms. The Labute approximate surface area is 175 Å². The number of carbonyl (C=O) groups excluding carboxylic acids is 1. The maximum Gasteiger partial charge on any atom is 0.256 e. The first-order chi connectivity index (χ1) is 14.5. The minimum Gasteiger partial charge on any atom is -0.494 e. The predicted octanol–water partition coefficient (Wildman–Crippen LogP) is 5.00. The SMILES string of the molecule is CCOc1ccc(C(=O)Nc2cc(C)nn2-c2cc(C)c3cccc(C)c3n2)cc1. The van der Waals surface area contributed by atoms with Gasteiger partial charge in [0.1, 0.15) is 11.6 Å². The lowest BCUT2D eigenvalue weighted by atomic mass is 10.1. The minimum absolute atomic E-state index is 0.215. The van der Waals surface area contributed by atoms with Crippen molar-refractivity contribution in [1.82, 2.24) is 14.8 Å². The lowest BCUT2D eigenvalue weighted by molar-refractivity contribution is 0.102. The summed E-state index contributed by atoms with van der Waals surface area (Å²) in [6.07, 6.45) is 0. The highest BCUT2D eigenvalue weighted by Crippen LogP contribution is 2.25. The molecule has 4 aromatic rings. The number of carbonyl (C=O) groups is 1. The monoisotopic (exact) mass is 400 g/mol. The molecule has 0 spiro atoms. The van der Waals surface area contributed by atoms with Gasteiger partial charge < -0.3 is 10.1 Å². The van der Waals surface area contributed by atoms with Gasteiger partial charge in [0, 0.05) is 17.0 Å². The molecule has 1 N–H and O–H groups in total. The first-order valence-electron chi connectivity index (χ1n) is 9.94. The Balaban J connectivity index is 1.68. The van der Waals surface area contributed by atoms with Crippen molar-refractivity contribution in [2.24, 2.45) is 0 Å². The first-order valence-corrected chi connectivity index (χ1v) is 9.94. The molecule has 6 nitrogen and oxygen atoms in total. The highest BCUT2D eigenvalue weighted by Gasteiger charge is 2.15. The number of rotatable bonds is 5. The van der Waals surface area contributed by atoms with E-state index >= 15 is 0 Å². The van der Waals surface area contributed by atoms with Gasteiger partial charge in [0.05, 0.1) is 17.8 Å². The van der Waals surface area contributed by atoms with Crippen LogP contribution in [0.3, 0.4) is 0 Å². The number of amides is 1. The van der Waals surface area contributed by atoms with Crippen LogP contribution in [0.2, 0.25) is 0 Å². The van der Waals surface area contributed by atoms with Crippen LogP contribution in [-0.2, 0) is 0 Å². The Morgan fingerprint density at radius 3 is 2.53 bits per heavy atom. The lowest BCUT2D eigenvalue weighted by Gasteiger charge is -2.12. The number of fused-ring (bicyclic) bond motifs is 1. The summed E-state index contributed by atoms with van der Waals surface area (Å²) in [4.78, 5) is 17.6. The predicted molar refractivity (Wildman–Crippen MR) is 119 cm³/mol. The number of anilines is 1. The van der Waals surface area contributed by atoms with E-state index in [2.05, 4.69) is 23.4 Å². The molecular formula is C24H24N4O2. The molecule has 6 heteroatoms. The first kappa shape index (κ1) is 19.6. The molecule has 30 heavy (non-hydrogen) atoms. The van der Waals surface area contributed by atoms with Crippen molar-refractivity contribution in [1.29, 1.82) is 0 Å². The molecule has 2 aromatic heterocycles. The molecule has 0 aliphatic rings. The number of aryl methyl sites for hydroxylation is 3. The highest BCUT2D eigenvalue weighted by molar-refractivity contribution is 6.04. The van der Waals surface area contributed by atoms with Gasteiger partial charge >= 0.3 is 0 Å². The van der Waals surface area contributed by atoms with Crippen LogP contribution in [0.4, 0.5) is 5.82 Å². The van der Waals surface area contributed by atoms with Gasteiger partial charge in [0.15, 0.2) is 5.82 Å². The topological polar surface area (TPSA) is 69.0 Å². The Morgan fingerprint density at radius 2 is 1.80 bits per heavy atom. The van der Waals surface area contributed by atoms with E-state index in [1.807, 2.05) is 45.0 Å². The van der Waals surface area contributed by atoms with E-state index < -0.39 is 0 Å². The number of ether oxygens (including phenoxy) is 1. The van der Waals surface area contributed by atoms with E-state index in [0.29, 0.717) is 23.8 Å². The van der Waals surface area contributed by atoms with Crippen molar-refractivity contribution in [3.05, 3.63) is 77.0 Å². The second kappa shape index (κ2) is 7.99. The maximum absolute atomic E-state index is 12.8. The lowest BCUT2D eigenvalue weighted by Crippen LogP contribution is -2.15. The standard InChI is InChI=1S/C24H24N4O2/c1-5-30-19-11-9-18(10-12-19)24(29)26-22-14-17(4)27-28(22)21-13-16(3)20-8-6-7-15(2)23(20)25-21/h6-14H,5H2,1-4H3,(H,26,29). The summed E-state index contributed by atoms with van der Waals surface area (Å²) in [6, 6.07) is 17.0. The summed E-state index contributed by atoms with van der Waals surface area (Å²) >= 11 is 0. The number of hydrogen-bond acceptors (Lipinski definition) is 4. The van der Waals surface area contributed by atoms with Crippen LogP contribution >= 0.6 is 0 Å². The van der Waals surface area contributed by atoms with Gasteiger partial charge in [0.25, 0.3) is 5.91 Å². The third-order valence-corrected chi connectivity index (χ3v) is 4.95. The van der Waals surface area contributed by atoms with Crippen molar-refractivity contribution in [2.75, 3.05) is 11.9 Å². The van der Waals surface area contributed by atoms with E-state index in [9.17, 15) is 4.79 Å². The largest absolute Gasteiger partial charge is 0.494 e. The Hall–Kier alpha value is -3.67. The Bertz CT molecular complexity index is 1230. The van der Waals surface area contributed by atoms with Gasteiger partial charge in [0.2, 0.25) is 0 Å². The molecule has 1 amide bonds. The summed E-state index contributed by atoms with van der Waals surface area (Å²) in [5, 5.41) is 8.64. The van der Waals surface area contributed by atoms with E-state index in [-0.39, 0.29) is 5.91 Å². The molecule has 0 unspecified atom stereocenters. The number of aromatic nitrogens is 3. The summed E-state index contributed by atoms with van der Waals surface area (Å²) in [6.45, 7) is 8.50. The molecule has 0 radical (unpaired) electrons. The van der Waals surface area contributed by atoms with E-state index in [1.165, 1.54) is 0 Å². The third kappa shape index (κ3) is 3.76. The van der Waals surface area contributed by atoms with Gasteiger partial charge in [-0.1, -0.05) is 18.2 Å². The number of nitrogens with one attached hydrogen (secondary N) is 1. The number of hydrogen-bond donors (Lipinski definition) is 1. The molecule has 4 rings (SSSR count). The zero-order valence-electron chi connectivity index (χ0n) is 17.6. The molecule has 0 aliphatic heterocycles.